The van der Waals surface area contributed by atoms with Gasteiger partial charge in [-0.2, -0.15) is 0 Å². The molecule has 0 bridgehead atoms. The van der Waals surface area contributed by atoms with Gasteiger partial charge in [0.1, 0.15) is 5.75 Å². The van der Waals surface area contributed by atoms with Crippen LogP contribution in [0.2, 0.25) is 0 Å². The Balaban J connectivity index is 2.00. The zero-order chi connectivity index (χ0) is 19.1. The van der Waals surface area contributed by atoms with Gasteiger partial charge in [0.25, 0.3) is 0 Å². The molecule has 3 aromatic rings. The summed E-state index contributed by atoms with van der Waals surface area (Å²) < 4.78 is 0. The molecule has 3 aromatic carbocycles. The number of benzene rings is 3. The Kier molecular flexibility index (Phi) is 4.01. The Morgan fingerprint density at radius 2 is 1.26 bits per heavy atom. The molecule has 4 rings (SSSR count). The molecule has 0 aromatic heterocycles. The maximum atomic E-state index is 13.3. The molecule has 0 unspecified atom stereocenters. The van der Waals surface area contributed by atoms with Gasteiger partial charge in [-0.05, 0) is 24.3 Å². The van der Waals surface area contributed by atoms with E-state index in [4.69, 9.17) is 0 Å². The highest BCUT2D eigenvalue weighted by Gasteiger charge is 2.35. The number of carbonyl (C=O) groups is 2. The van der Waals surface area contributed by atoms with Gasteiger partial charge in [0.15, 0.2) is 11.6 Å². The average molecular weight is 358 g/mol. The Morgan fingerprint density at radius 3 is 1.85 bits per heavy atom. The maximum Gasteiger partial charge on any atom is 0.198 e. The van der Waals surface area contributed by atoms with Crippen molar-refractivity contribution in [3.8, 4) is 5.75 Å². The Labute approximate surface area is 157 Å². The van der Waals surface area contributed by atoms with E-state index >= 15 is 0 Å². The van der Waals surface area contributed by atoms with Crippen LogP contribution in [0, 0.1) is 0 Å². The highest BCUT2D eigenvalue weighted by molar-refractivity contribution is 6.31. The van der Waals surface area contributed by atoms with Crippen LogP contribution < -0.4 is 5.01 Å². The van der Waals surface area contributed by atoms with Gasteiger partial charge in [0.2, 0.25) is 0 Å². The van der Waals surface area contributed by atoms with E-state index in [1.54, 1.807) is 30.3 Å². The number of ketones is 2. The predicted octanol–water partition coefficient (Wildman–Crippen LogP) is 3.78. The summed E-state index contributed by atoms with van der Waals surface area (Å²) in [6.07, 6.45) is 0. The van der Waals surface area contributed by atoms with Crippen molar-refractivity contribution in [1.29, 1.82) is 0 Å². The third kappa shape index (κ3) is 2.60. The van der Waals surface area contributed by atoms with Crippen molar-refractivity contribution in [1.82, 2.24) is 5.01 Å². The van der Waals surface area contributed by atoms with Gasteiger partial charge in [-0.3, -0.25) is 14.6 Å². The van der Waals surface area contributed by atoms with Crippen molar-refractivity contribution >= 4 is 22.9 Å². The highest BCUT2D eigenvalue weighted by atomic mass is 16.3. The van der Waals surface area contributed by atoms with Crippen molar-refractivity contribution in [2.45, 2.75) is 0 Å². The molecule has 1 aliphatic carbocycles. The number of rotatable bonds is 3. The molecule has 0 radical (unpaired) electrons. The van der Waals surface area contributed by atoms with Gasteiger partial charge in [-0.15, -0.1) is 0 Å². The number of carbonyl (C=O) groups excluding carboxylic acids is 2. The number of hydrazine groups is 1. The van der Waals surface area contributed by atoms with Gasteiger partial charge in [0, 0.05) is 25.2 Å². The van der Waals surface area contributed by atoms with Crippen LogP contribution >= 0.6 is 0 Å². The van der Waals surface area contributed by atoms with E-state index in [9.17, 15) is 14.7 Å². The summed E-state index contributed by atoms with van der Waals surface area (Å²) in [7, 11) is 3.71. The summed E-state index contributed by atoms with van der Waals surface area (Å²) in [4.78, 5) is 26.3. The van der Waals surface area contributed by atoms with Crippen LogP contribution in [0.3, 0.4) is 0 Å². The van der Waals surface area contributed by atoms with Crippen molar-refractivity contribution in [3.63, 3.8) is 0 Å². The summed E-state index contributed by atoms with van der Waals surface area (Å²) in [5, 5.41) is 14.1. The Bertz CT molecular complexity index is 1060. The minimum atomic E-state index is -0.341. The molecule has 0 saturated carbocycles. The molecule has 0 atom stereocenters. The number of para-hydroxylation sites is 1. The maximum absolute atomic E-state index is 13.3. The molecule has 0 spiro atoms. The number of hydrogen-bond acceptors (Lipinski definition) is 5. The van der Waals surface area contributed by atoms with Gasteiger partial charge in [-0.25, -0.2) is 5.01 Å². The fraction of sp³-hybridized carbons (Fsp3) is 0.0909. The first kappa shape index (κ1) is 17.0. The number of phenols is 1. The van der Waals surface area contributed by atoms with E-state index in [0.29, 0.717) is 16.8 Å². The molecule has 0 aliphatic heterocycles. The minimum absolute atomic E-state index is 0.0546. The van der Waals surface area contributed by atoms with E-state index in [1.165, 1.54) is 6.07 Å². The monoisotopic (exact) mass is 358 g/mol. The molecule has 0 saturated heterocycles. The molecule has 1 N–H and O–H groups in total. The largest absolute Gasteiger partial charge is 0.507 e. The quantitative estimate of drug-likeness (QED) is 0.565. The summed E-state index contributed by atoms with van der Waals surface area (Å²) in [6, 6.07) is 19.4. The third-order valence-corrected chi connectivity index (χ3v) is 4.66. The van der Waals surface area contributed by atoms with E-state index < -0.39 is 0 Å². The number of nitrogens with zero attached hydrogens (tertiary/aromatic N) is 2. The van der Waals surface area contributed by atoms with Crippen molar-refractivity contribution < 1.29 is 14.7 Å². The van der Waals surface area contributed by atoms with Gasteiger partial charge in [-0.1, -0.05) is 42.5 Å². The average Bonchev–Trinajstić information content (AvgIpc) is 2.68. The first-order valence-electron chi connectivity index (χ1n) is 8.57. The number of fused-ring (bicyclic) bond motifs is 2. The van der Waals surface area contributed by atoms with Gasteiger partial charge in [0.05, 0.1) is 22.5 Å². The van der Waals surface area contributed by atoms with Crippen LogP contribution in [-0.2, 0) is 0 Å². The second-order valence-electron chi connectivity index (χ2n) is 6.55. The Morgan fingerprint density at radius 1 is 0.704 bits per heavy atom. The number of aromatic hydroxyl groups is 1. The van der Waals surface area contributed by atoms with Gasteiger partial charge < -0.3 is 5.11 Å². The molecule has 0 fully saturated rings. The second-order valence-corrected chi connectivity index (χ2v) is 6.55. The summed E-state index contributed by atoms with van der Waals surface area (Å²) in [5.74, 6) is -0.798. The van der Waals surface area contributed by atoms with Gasteiger partial charge >= 0.3 is 0 Å². The van der Waals surface area contributed by atoms with Crippen LogP contribution in [0.15, 0.2) is 66.7 Å². The van der Waals surface area contributed by atoms with Crippen molar-refractivity contribution in [2.24, 2.45) is 0 Å². The van der Waals surface area contributed by atoms with Crippen molar-refractivity contribution in [3.05, 3.63) is 89.0 Å². The van der Waals surface area contributed by atoms with E-state index in [1.807, 2.05) is 54.4 Å². The molecule has 27 heavy (non-hydrogen) atoms. The predicted molar refractivity (Wildman–Crippen MR) is 104 cm³/mol. The normalized spacial score (nSPS) is 12.7. The summed E-state index contributed by atoms with van der Waals surface area (Å²) >= 11 is 0. The fourth-order valence-electron chi connectivity index (χ4n) is 3.52. The molecule has 134 valence electrons. The van der Waals surface area contributed by atoms with E-state index in [2.05, 4.69) is 0 Å². The van der Waals surface area contributed by atoms with E-state index in [0.717, 1.165) is 5.69 Å². The zero-order valence-corrected chi connectivity index (χ0v) is 15.0. The molecule has 5 nitrogen and oxygen atoms in total. The number of hydrogen-bond donors (Lipinski definition) is 1. The molecule has 0 heterocycles. The third-order valence-electron chi connectivity index (χ3n) is 4.66. The lowest BCUT2D eigenvalue weighted by molar-refractivity contribution is 0.0976. The summed E-state index contributed by atoms with van der Waals surface area (Å²) in [6.45, 7) is 0. The highest BCUT2D eigenvalue weighted by Crippen LogP contribution is 2.40. The number of phenolic OH excluding ortho intramolecular Hbond substituents is 1. The summed E-state index contributed by atoms with van der Waals surface area (Å²) in [5.41, 5.74) is 2.34. The molecule has 0 amide bonds. The van der Waals surface area contributed by atoms with Crippen LogP contribution in [0.25, 0.3) is 0 Å². The zero-order valence-electron chi connectivity index (χ0n) is 15.0. The Hall–Kier alpha value is -3.44. The first-order chi connectivity index (χ1) is 13.0. The van der Waals surface area contributed by atoms with Crippen LogP contribution in [0.4, 0.5) is 11.4 Å². The molecule has 1 aliphatic rings. The van der Waals surface area contributed by atoms with Crippen LogP contribution in [-0.4, -0.2) is 35.8 Å². The smallest absolute Gasteiger partial charge is 0.198 e. The standard InChI is InChI=1S/C22H18N2O3/c1-23(2)24(14-8-4-3-5-9-14)17-12-13-18(25)20-19(17)21(26)15-10-6-7-11-16(15)22(20)27/h3-13,25H,1-2H3. The lowest BCUT2D eigenvalue weighted by atomic mass is 9.82. The topological polar surface area (TPSA) is 60.9 Å². The SMILES string of the molecule is CN(C)N(c1ccccc1)c1ccc(O)c2c1C(=O)c1ccccc1C2=O. The van der Waals surface area contributed by atoms with Crippen LogP contribution in [0.1, 0.15) is 31.8 Å². The molecular formula is C22H18N2O3. The van der Waals surface area contributed by atoms with E-state index in [-0.39, 0.29) is 28.4 Å². The first-order valence-corrected chi connectivity index (χ1v) is 8.57. The lowest BCUT2D eigenvalue weighted by Crippen LogP contribution is -2.35. The van der Waals surface area contributed by atoms with Crippen molar-refractivity contribution in [2.75, 3.05) is 19.1 Å². The minimum Gasteiger partial charge on any atom is -0.507 e. The lowest BCUT2D eigenvalue weighted by Gasteiger charge is -2.34. The second kappa shape index (κ2) is 6.37. The fourth-order valence-corrected chi connectivity index (χ4v) is 3.52. The molecular weight excluding hydrogens is 340 g/mol. The number of anilines is 2. The van der Waals surface area contributed by atoms with Crippen LogP contribution in [0.5, 0.6) is 5.75 Å². The molecule has 5 heteroatoms.